The Kier molecular flexibility index (Phi) is 6.46. The minimum atomic E-state index is 0. The largest absolute Gasteiger partial charge is 0.488 e. The van der Waals surface area contributed by atoms with Crippen LogP contribution in [-0.4, -0.2) is 4.98 Å². The first-order chi connectivity index (χ1) is 13.3. The molecule has 0 atom stereocenters. The summed E-state index contributed by atoms with van der Waals surface area (Å²) in [5.41, 5.74) is 4.26. The Morgan fingerprint density at radius 2 is 1.61 bits per heavy atom. The van der Waals surface area contributed by atoms with Crippen molar-refractivity contribution in [3.63, 3.8) is 0 Å². The fraction of sp³-hybridized carbons (Fsp3) is 0.0800. The maximum Gasteiger partial charge on any atom is 0.126 e. The highest BCUT2D eigenvalue weighted by molar-refractivity contribution is 5.92. The Labute approximate surface area is 171 Å². The zero-order valence-electron chi connectivity index (χ0n) is 15.7. The van der Waals surface area contributed by atoms with Crippen molar-refractivity contribution >= 4 is 35.3 Å². The maximum atomic E-state index is 6.01. The van der Waals surface area contributed by atoms with Crippen LogP contribution in [0.1, 0.15) is 22.4 Å². The second kappa shape index (κ2) is 9.20. The lowest BCUT2D eigenvalue weighted by Gasteiger charge is -2.09. The standard InChI is InChI=1S/C25H21NO.ClH/c1-19-17-26-23(16-25(19)27-18-20-8-3-2-4-9-20)15-14-22-12-7-11-21-10-5-6-13-24(21)22;/h2-17H,18H2,1H3;1H/b15-14+;. The summed E-state index contributed by atoms with van der Waals surface area (Å²) >= 11 is 0. The zero-order chi connectivity index (χ0) is 18.5. The summed E-state index contributed by atoms with van der Waals surface area (Å²) in [5.74, 6) is 0.867. The molecule has 2 nitrogen and oxygen atoms in total. The molecule has 0 N–H and O–H groups in total. The second-order valence-electron chi connectivity index (χ2n) is 6.55. The molecule has 3 heteroatoms. The Bertz CT molecular complexity index is 1080. The predicted octanol–water partition coefficient (Wildman–Crippen LogP) is 6.71. The molecule has 1 aromatic heterocycles. The zero-order valence-corrected chi connectivity index (χ0v) is 16.5. The Morgan fingerprint density at radius 3 is 2.46 bits per heavy atom. The van der Waals surface area contributed by atoms with Crippen molar-refractivity contribution in [1.82, 2.24) is 4.98 Å². The number of pyridine rings is 1. The Balaban J connectivity index is 0.00000225. The van der Waals surface area contributed by atoms with Crippen molar-refractivity contribution < 1.29 is 4.74 Å². The molecule has 0 aliphatic rings. The second-order valence-corrected chi connectivity index (χ2v) is 6.55. The summed E-state index contributed by atoms with van der Waals surface area (Å²) in [4.78, 5) is 4.52. The van der Waals surface area contributed by atoms with Gasteiger partial charge in [0.05, 0.1) is 5.69 Å². The SMILES string of the molecule is Cc1cnc(/C=C/c2cccc3ccccc23)cc1OCc1ccccc1.Cl. The van der Waals surface area contributed by atoms with Crippen molar-refractivity contribution in [2.75, 3.05) is 0 Å². The van der Waals surface area contributed by atoms with Gasteiger partial charge in [-0.05, 0) is 34.9 Å². The van der Waals surface area contributed by atoms with Crippen LogP contribution < -0.4 is 4.74 Å². The maximum absolute atomic E-state index is 6.01. The van der Waals surface area contributed by atoms with Crippen molar-refractivity contribution in [2.45, 2.75) is 13.5 Å². The van der Waals surface area contributed by atoms with Crippen LogP contribution in [0.3, 0.4) is 0 Å². The summed E-state index contributed by atoms with van der Waals surface area (Å²) in [5, 5.41) is 2.48. The predicted molar refractivity (Wildman–Crippen MR) is 120 cm³/mol. The van der Waals surface area contributed by atoms with Gasteiger partial charge in [-0.2, -0.15) is 0 Å². The fourth-order valence-corrected chi connectivity index (χ4v) is 3.07. The molecule has 0 saturated heterocycles. The number of ether oxygens (including phenoxy) is 1. The van der Waals surface area contributed by atoms with Crippen LogP contribution in [0.15, 0.2) is 85.1 Å². The molecule has 140 valence electrons. The van der Waals surface area contributed by atoms with E-state index >= 15 is 0 Å². The van der Waals surface area contributed by atoms with Crippen molar-refractivity contribution in [2.24, 2.45) is 0 Å². The van der Waals surface area contributed by atoms with Crippen LogP contribution in [-0.2, 0) is 6.61 Å². The number of nitrogens with zero attached hydrogens (tertiary/aromatic N) is 1. The molecule has 0 amide bonds. The number of fused-ring (bicyclic) bond motifs is 1. The molecule has 28 heavy (non-hydrogen) atoms. The van der Waals surface area contributed by atoms with Gasteiger partial charge < -0.3 is 4.74 Å². The molecule has 0 saturated carbocycles. The van der Waals surface area contributed by atoms with Crippen LogP contribution >= 0.6 is 12.4 Å². The van der Waals surface area contributed by atoms with Gasteiger partial charge in [-0.15, -0.1) is 12.4 Å². The average molecular weight is 388 g/mol. The number of hydrogen-bond donors (Lipinski definition) is 0. The van der Waals surface area contributed by atoms with Gasteiger partial charge in [0.15, 0.2) is 0 Å². The van der Waals surface area contributed by atoms with Gasteiger partial charge in [0, 0.05) is 17.8 Å². The molecule has 0 aliphatic carbocycles. The average Bonchev–Trinajstić information content (AvgIpc) is 2.73. The first-order valence-electron chi connectivity index (χ1n) is 9.09. The minimum Gasteiger partial charge on any atom is -0.488 e. The number of aromatic nitrogens is 1. The molecule has 4 rings (SSSR count). The van der Waals surface area contributed by atoms with Crippen LogP contribution in [0.5, 0.6) is 5.75 Å². The lowest BCUT2D eigenvalue weighted by atomic mass is 10.0. The van der Waals surface area contributed by atoms with E-state index in [0.717, 1.165) is 22.6 Å². The number of benzene rings is 3. The lowest BCUT2D eigenvalue weighted by molar-refractivity contribution is 0.303. The number of halogens is 1. The molecule has 0 aliphatic heterocycles. The third-order valence-electron chi connectivity index (χ3n) is 4.57. The van der Waals surface area contributed by atoms with Gasteiger partial charge in [0.1, 0.15) is 12.4 Å². The summed E-state index contributed by atoms with van der Waals surface area (Å²) in [6.45, 7) is 2.57. The van der Waals surface area contributed by atoms with E-state index in [1.54, 1.807) is 0 Å². The topological polar surface area (TPSA) is 22.1 Å². The van der Waals surface area contributed by atoms with Crippen LogP contribution in [0, 0.1) is 6.92 Å². The molecular weight excluding hydrogens is 366 g/mol. The summed E-state index contributed by atoms with van der Waals surface area (Å²) < 4.78 is 6.01. The van der Waals surface area contributed by atoms with Crippen LogP contribution in [0.2, 0.25) is 0 Å². The van der Waals surface area contributed by atoms with Gasteiger partial charge in [-0.1, -0.05) is 78.9 Å². The molecule has 4 aromatic rings. The van der Waals surface area contributed by atoms with E-state index in [1.165, 1.54) is 16.3 Å². The van der Waals surface area contributed by atoms with Gasteiger partial charge in [-0.3, -0.25) is 4.98 Å². The first kappa shape index (κ1) is 19.7. The van der Waals surface area contributed by atoms with Crippen molar-refractivity contribution in [1.29, 1.82) is 0 Å². The van der Waals surface area contributed by atoms with E-state index in [9.17, 15) is 0 Å². The normalized spacial score (nSPS) is 10.8. The number of hydrogen-bond acceptors (Lipinski definition) is 2. The van der Waals surface area contributed by atoms with E-state index in [1.807, 2.05) is 43.5 Å². The van der Waals surface area contributed by atoms with Gasteiger partial charge >= 0.3 is 0 Å². The third-order valence-corrected chi connectivity index (χ3v) is 4.57. The van der Waals surface area contributed by atoms with E-state index in [-0.39, 0.29) is 12.4 Å². The molecule has 0 bridgehead atoms. The van der Waals surface area contributed by atoms with Crippen LogP contribution in [0.25, 0.3) is 22.9 Å². The smallest absolute Gasteiger partial charge is 0.126 e. The molecule has 0 fully saturated rings. The third kappa shape index (κ3) is 4.59. The van der Waals surface area contributed by atoms with Gasteiger partial charge in [-0.25, -0.2) is 0 Å². The molecule has 3 aromatic carbocycles. The molecule has 0 radical (unpaired) electrons. The summed E-state index contributed by atoms with van der Waals surface area (Å²) in [6, 6.07) is 26.9. The van der Waals surface area contributed by atoms with E-state index in [4.69, 9.17) is 4.74 Å². The van der Waals surface area contributed by atoms with Gasteiger partial charge in [0.25, 0.3) is 0 Å². The minimum absolute atomic E-state index is 0. The fourth-order valence-electron chi connectivity index (χ4n) is 3.07. The van der Waals surface area contributed by atoms with Crippen LogP contribution in [0.4, 0.5) is 0 Å². The monoisotopic (exact) mass is 387 g/mol. The van der Waals surface area contributed by atoms with Crippen molar-refractivity contribution in [3.8, 4) is 5.75 Å². The molecular formula is C25H22ClNO. The molecule has 1 heterocycles. The van der Waals surface area contributed by atoms with E-state index in [0.29, 0.717) is 6.61 Å². The first-order valence-corrected chi connectivity index (χ1v) is 9.09. The van der Waals surface area contributed by atoms with Crippen molar-refractivity contribution in [3.05, 3.63) is 107 Å². The Hall–Kier alpha value is -3.10. The molecule has 0 unspecified atom stereocenters. The quantitative estimate of drug-likeness (QED) is 0.379. The number of aryl methyl sites for hydroxylation is 1. The van der Waals surface area contributed by atoms with E-state index in [2.05, 4.69) is 65.7 Å². The summed E-state index contributed by atoms with van der Waals surface area (Å²) in [7, 11) is 0. The lowest BCUT2D eigenvalue weighted by Crippen LogP contribution is -1.98. The van der Waals surface area contributed by atoms with E-state index < -0.39 is 0 Å². The molecule has 0 spiro atoms. The highest BCUT2D eigenvalue weighted by atomic mass is 35.5. The summed E-state index contributed by atoms with van der Waals surface area (Å²) in [6.07, 6.45) is 6.01. The highest BCUT2D eigenvalue weighted by Crippen LogP contribution is 2.23. The Morgan fingerprint density at radius 1 is 0.857 bits per heavy atom. The van der Waals surface area contributed by atoms with Gasteiger partial charge in [0.2, 0.25) is 0 Å². The number of rotatable bonds is 5. The highest BCUT2D eigenvalue weighted by Gasteiger charge is 2.03.